The summed E-state index contributed by atoms with van der Waals surface area (Å²) in [5, 5.41) is 0. The summed E-state index contributed by atoms with van der Waals surface area (Å²) in [6.45, 7) is 1.33. The number of hydrogen-bond donors (Lipinski definition) is 0. The summed E-state index contributed by atoms with van der Waals surface area (Å²) in [4.78, 5) is 16.4. The molecule has 0 atom stereocenters. The minimum Gasteiger partial charge on any atom is -0.497 e. The molecule has 0 aromatic heterocycles. The van der Waals surface area contributed by atoms with Crippen LogP contribution < -0.4 is 14.4 Å². The first-order chi connectivity index (χ1) is 14.1. The molecule has 2 amide bonds. The molecular weight excluding hydrogens is 372 g/mol. The van der Waals surface area contributed by atoms with Crippen LogP contribution in [-0.4, -0.2) is 51.7 Å². The maximum absolute atomic E-state index is 13.0. The first-order valence-corrected chi connectivity index (χ1v) is 9.30. The van der Waals surface area contributed by atoms with E-state index in [0.29, 0.717) is 18.8 Å². The lowest BCUT2D eigenvalue weighted by Crippen LogP contribution is -2.43. The molecule has 0 saturated heterocycles. The van der Waals surface area contributed by atoms with Gasteiger partial charge in [0.1, 0.15) is 18.1 Å². The van der Waals surface area contributed by atoms with Gasteiger partial charge >= 0.3 is 6.03 Å². The van der Waals surface area contributed by atoms with Gasteiger partial charge in [0.05, 0.1) is 12.8 Å². The van der Waals surface area contributed by atoms with Gasteiger partial charge < -0.3 is 23.8 Å². The van der Waals surface area contributed by atoms with Crippen molar-refractivity contribution in [2.75, 3.05) is 39.4 Å². The Morgan fingerprint density at radius 1 is 1.00 bits per heavy atom. The molecule has 2 aromatic carbocycles. The quantitative estimate of drug-likeness (QED) is 0.604. The van der Waals surface area contributed by atoms with E-state index in [0.717, 1.165) is 17.0 Å². The lowest BCUT2D eigenvalue weighted by molar-refractivity contribution is -0.121. The summed E-state index contributed by atoms with van der Waals surface area (Å²) in [5.41, 5.74) is 1.77. The summed E-state index contributed by atoms with van der Waals surface area (Å²) in [7, 11) is 4.75. The number of ether oxygens (including phenoxy) is 4. The highest BCUT2D eigenvalue weighted by Crippen LogP contribution is 2.25. The SMILES string of the molecule is COc1ccc(CN2CC=CN(c3cccc(OCC(OC)OC)c3)C2=O)cc1. The summed E-state index contributed by atoms with van der Waals surface area (Å²) in [6.07, 6.45) is 3.30. The number of rotatable bonds is 9. The highest BCUT2D eigenvalue weighted by molar-refractivity contribution is 5.95. The monoisotopic (exact) mass is 398 g/mol. The third-order valence-corrected chi connectivity index (χ3v) is 4.60. The van der Waals surface area contributed by atoms with E-state index in [1.807, 2.05) is 54.6 Å². The van der Waals surface area contributed by atoms with Crippen molar-refractivity contribution in [3.8, 4) is 11.5 Å². The molecule has 0 fully saturated rings. The van der Waals surface area contributed by atoms with E-state index in [4.69, 9.17) is 18.9 Å². The van der Waals surface area contributed by atoms with Crippen LogP contribution in [0.3, 0.4) is 0 Å². The number of methoxy groups -OCH3 is 3. The standard InChI is InChI=1S/C22H26N2O5/c1-26-19-10-8-17(9-11-19)15-23-12-5-13-24(22(23)25)18-6-4-7-20(14-18)29-16-21(27-2)28-3/h4-11,13-14,21H,12,15-16H2,1-3H3. The molecule has 3 rings (SSSR count). The van der Waals surface area contributed by atoms with Crippen molar-refractivity contribution < 1.29 is 23.7 Å². The van der Waals surface area contributed by atoms with Gasteiger partial charge in [0.15, 0.2) is 6.29 Å². The first kappa shape index (κ1) is 20.7. The Morgan fingerprint density at radius 3 is 2.45 bits per heavy atom. The van der Waals surface area contributed by atoms with Crippen molar-refractivity contribution >= 4 is 11.7 Å². The molecule has 2 aromatic rings. The van der Waals surface area contributed by atoms with E-state index >= 15 is 0 Å². The van der Waals surface area contributed by atoms with Crippen LogP contribution in [0.15, 0.2) is 60.8 Å². The molecule has 0 saturated carbocycles. The number of hydrogen-bond acceptors (Lipinski definition) is 5. The largest absolute Gasteiger partial charge is 0.497 e. The van der Waals surface area contributed by atoms with Crippen LogP contribution in [0, 0.1) is 0 Å². The second-order valence-electron chi connectivity index (χ2n) is 6.48. The molecule has 0 bridgehead atoms. The van der Waals surface area contributed by atoms with Gasteiger partial charge in [0, 0.05) is 39.6 Å². The molecule has 1 aliphatic rings. The summed E-state index contributed by atoms with van der Waals surface area (Å²) in [5.74, 6) is 1.43. The summed E-state index contributed by atoms with van der Waals surface area (Å²) >= 11 is 0. The third-order valence-electron chi connectivity index (χ3n) is 4.60. The van der Waals surface area contributed by atoms with E-state index in [1.54, 1.807) is 37.3 Å². The van der Waals surface area contributed by atoms with Crippen LogP contribution >= 0.6 is 0 Å². The lowest BCUT2D eigenvalue weighted by Gasteiger charge is -2.31. The zero-order valence-corrected chi connectivity index (χ0v) is 16.9. The van der Waals surface area contributed by atoms with Gasteiger partial charge in [0.25, 0.3) is 0 Å². The number of anilines is 1. The molecule has 1 aliphatic heterocycles. The first-order valence-electron chi connectivity index (χ1n) is 9.30. The second kappa shape index (κ2) is 9.95. The van der Waals surface area contributed by atoms with Crippen LogP contribution in [0.25, 0.3) is 0 Å². The molecular formula is C22H26N2O5. The molecule has 154 valence electrons. The molecule has 0 spiro atoms. The average Bonchev–Trinajstić information content (AvgIpc) is 2.76. The fraction of sp³-hybridized carbons (Fsp3) is 0.318. The van der Waals surface area contributed by atoms with Crippen molar-refractivity contribution in [1.82, 2.24) is 4.90 Å². The molecule has 0 aliphatic carbocycles. The number of nitrogens with zero attached hydrogens (tertiary/aromatic N) is 2. The van der Waals surface area contributed by atoms with E-state index in [9.17, 15) is 4.79 Å². The fourth-order valence-corrected chi connectivity index (χ4v) is 2.97. The minimum absolute atomic E-state index is 0.0906. The van der Waals surface area contributed by atoms with Gasteiger partial charge in [-0.15, -0.1) is 0 Å². The van der Waals surface area contributed by atoms with Crippen LogP contribution in [0.2, 0.25) is 0 Å². The Balaban J connectivity index is 1.68. The van der Waals surface area contributed by atoms with Gasteiger partial charge in [-0.1, -0.05) is 18.2 Å². The predicted octanol–water partition coefficient (Wildman–Crippen LogP) is 3.65. The Labute approximate surface area is 171 Å². The van der Waals surface area contributed by atoms with E-state index in [-0.39, 0.29) is 12.6 Å². The highest BCUT2D eigenvalue weighted by atomic mass is 16.7. The zero-order chi connectivity index (χ0) is 20.6. The van der Waals surface area contributed by atoms with Gasteiger partial charge in [0.2, 0.25) is 0 Å². The van der Waals surface area contributed by atoms with Crippen molar-refractivity contribution in [2.45, 2.75) is 12.8 Å². The van der Waals surface area contributed by atoms with Crippen molar-refractivity contribution in [1.29, 1.82) is 0 Å². The highest BCUT2D eigenvalue weighted by Gasteiger charge is 2.24. The van der Waals surface area contributed by atoms with Crippen LogP contribution in [0.1, 0.15) is 5.56 Å². The summed E-state index contributed by atoms with van der Waals surface area (Å²) < 4.78 is 21.2. The summed E-state index contributed by atoms with van der Waals surface area (Å²) in [6, 6.07) is 15.0. The van der Waals surface area contributed by atoms with Gasteiger partial charge in [-0.05, 0) is 35.9 Å². The van der Waals surface area contributed by atoms with Crippen molar-refractivity contribution in [2.24, 2.45) is 0 Å². The minimum atomic E-state index is -0.449. The Hall–Kier alpha value is -3.03. The topological polar surface area (TPSA) is 60.5 Å². The number of carbonyl (C=O) groups is 1. The molecule has 0 N–H and O–H groups in total. The molecule has 29 heavy (non-hydrogen) atoms. The molecule has 7 heteroatoms. The number of urea groups is 1. The van der Waals surface area contributed by atoms with Crippen LogP contribution in [-0.2, 0) is 16.0 Å². The van der Waals surface area contributed by atoms with Gasteiger partial charge in [-0.3, -0.25) is 4.90 Å². The van der Waals surface area contributed by atoms with Gasteiger partial charge in [-0.2, -0.15) is 0 Å². The second-order valence-corrected chi connectivity index (χ2v) is 6.48. The predicted molar refractivity (Wildman–Crippen MR) is 110 cm³/mol. The van der Waals surface area contributed by atoms with Crippen LogP contribution in [0.4, 0.5) is 10.5 Å². The fourth-order valence-electron chi connectivity index (χ4n) is 2.97. The normalized spacial score (nSPS) is 13.9. The maximum atomic E-state index is 13.0. The maximum Gasteiger partial charge on any atom is 0.329 e. The smallest absolute Gasteiger partial charge is 0.329 e. The Morgan fingerprint density at radius 2 is 1.76 bits per heavy atom. The number of benzene rings is 2. The average molecular weight is 398 g/mol. The zero-order valence-electron chi connectivity index (χ0n) is 16.9. The van der Waals surface area contributed by atoms with E-state index < -0.39 is 6.29 Å². The van der Waals surface area contributed by atoms with E-state index in [2.05, 4.69) is 0 Å². The molecule has 0 unspecified atom stereocenters. The Kier molecular flexibility index (Phi) is 7.10. The van der Waals surface area contributed by atoms with E-state index in [1.165, 1.54) is 0 Å². The lowest BCUT2D eigenvalue weighted by atomic mass is 10.2. The van der Waals surface area contributed by atoms with Gasteiger partial charge in [-0.25, -0.2) is 4.79 Å². The Bertz CT molecular complexity index is 833. The van der Waals surface area contributed by atoms with Crippen molar-refractivity contribution in [3.63, 3.8) is 0 Å². The molecule has 1 heterocycles. The van der Waals surface area contributed by atoms with Crippen LogP contribution in [0.5, 0.6) is 11.5 Å². The van der Waals surface area contributed by atoms with Crippen molar-refractivity contribution in [3.05, 3.63) is 66.4 Å². The number of amides is 2. The molecule has 7 nitrogen and oxygen atoms in total. The molecule has 0 radical (unpaired) electrons. The number of carbonyl (C=O) groups excluding carboxylic acids is 1. The third kappa shape index (κ3) is 5.28.